The van der Waals surface area contributed by atoms with Gasteiger partial charge in [-0.2, -0.15) is 0 Å². The van der Waals surface area contributed by atoms with Gasteiger partial charge in [-0.25, -0.2) is 0 Å². The monoisotopic (exact) mass is 310 g/mol. The molecule has 2 fully saturated rings. The van der Waals surface area contributed by atoms with E-state index in [0.717, 1.165) is 44.9 Å². The summed E-state index contributed by atoms with van der Waals surface area (Å²) < 4.78 is 0. The first kappa shape index (κ1) is 17.3. The van der Waals surface area contributed by atoms with Crippen molar-refractivity contribution in [3.8, 4) is 0 Å². The molecule has 4 heteroatoms. The Balaban J connectivity index is 2.26. The Kier molecular flexibility index (Phi) is 5.87. The summed E-state index contributed by atoms with van der Waals surface area (Å²) in [6.07, 6.45) is 10.0. The molecule has 4 nitrogen and oxygen atoms in total. The molecule has 0 amide bonds. The third-order valence-electron chi connectivity index (χ3n) is 6.19. The maximum absolute atomic E-state index is 12.3. The minimum Gasteiger partial charge on any atom is -0.481 e. The van der Waals surface area contributed by atoms with E-state index in [0.29, 0.717) is 19.3 Å². The number of carboxylic acids is 2. The zero-order valence-electron chi connectivity index (χ0n) is 13.7. The van der Waals surface area contributed by atoms with Gasteiger partial charge < -0.3 is 10.2 Å². The van der Waals surface area contributed by atoms with Crippen LogP contribution in [0.25, 0.3) is 0 Å². The Hall–Kier alpha value is -1.06. The maximum Gasteiger partial charge on any atom is 0.310 e. The highest BCUT2D eigenvalue weighted by molar-refractivity contribution is 5.77. The number of rotatable bonds is 6. The molecule has 0 aromatic carbocycles. The second kappa shape index (κ2) is 7.47. The maximum atomic E-state index is 12.3. The van der Waals surface area contributed by atoms with Crippen LogP contribution in [-0.2, 0) is 9.59 Å². The van der Waals surface area contributed by atoms with Gasteiger partial charge in [0.05, 0.1) is 11.3 Å². The molecule has 2 rings (SSSR count). The van der Waals surface area contributed by atoms with Crippen LogP contribution in [0.2, 0.25) is 0 Å². The highest BCUT2D eigenvalue weighted by Crippen LogP contribution is 2.54. The number of aliphatic carboxylic acids is 2. The van der Waals surface area contributed by atoms with Crippen LogP contribution < -0.4 is 0 Å². The molecule has 0 aromatic heterocycles. The van der Waals surface area contributed by atoms with Crippen molar-refractivity contribution in [1.29, 1.82) is 0 Å². The second-order valence-corrected chi connectivity index (χ2v) is 7.33. The zero-order valence-corrected chi connectivity index (χ0v) is 13.7. The lowest BCUT2D eigenvalue weighted by atomic mass is 9.54. The average Bonchev–Trinajstić information content (AvgIpc) is 2.53. The minimum absolute atomic E-state index is 0.0305. The molecule has 22 heavy (non-hydrogen) atoms. The fourth-order valence-corrected chi connectivity index (χ4v) is 4.95. The number of hydrogen-bond acceptors (Lipinski definition) is 2. The lowest BCUT2D eigenvalue weighted by molar-refractivity contribution is -0.168. The fourth-order valence-electron chi connectivity index (χ4n) is 4.95. The van der Waals surface area contributed by atoms with Crippen LogP contribution in [0, 0.1) is 23.2 Å². The standard InChI is InChI=1S/C18H30O4/c1-2-3-7-15-12-13(16(19)20)10-11-18(15,17(21)22)14-8-5-4-6-9-14/h13-15H,2-12H2,1H3,(H,19,20)(H,21,22). The molecule has 0 aromatic rings. The molecule has 126 valence electrons. The van der Waals surface area contributed by atoms with E-state index in [9.17, 15) is 19.8 Å². The first-order valence-corrected chi connectivity index (χ1v) is 8.98. The third kappa shape index (κ3) is 3.31. The van der Waals surface area contributed by atoms with Gasteiger partial charge in [-0.3, -0.25) is 9.59 Å². The number of carboxylic acid groups (broad SMARTS) is 2. The van der Waals surface area contributed by atoms with Crippen molar-refractivity contribution in [2.24, 2.45) is 23.2 Å². The van der Waals surface area contributed by atoms with Gasteiger partial charge in [-0.05, 0) is 50.4 Å². The van der Waals surface area contributed by atoms with Crippen molar-refractivity contribution >= 4 is 11.9 Å². The van der Waals surface area contributed by atoms with Gasteiger partial charge in [0, 0.05) is 0 Å². The van der Waals surface area contributed by atoms with E-state index < -0.39 is 17.4 Å². The molecule has 0 spiro atoms. The summed E-state index contributed by atoms with van der Waals surface area (Å²) in [5, 5.41) is 19.4. The van der Waals surface area contributed by atoms with Crippen molar-refractivity contribution in [3.05, 3.63) is 0 Å². The van der Waals surface area contributed by atoms with Crippen molar-refractivity contribution in [1.82, 2.24) is 0 Å². The molecule has 3 atom stereocenters. The van der Waals surface area contributed by atoms with Crippen LogP contribution in [0.1, 0.15) is 77.6 Å². The van der Waals surface area contributed by atoms with Gasteiger partial charge in [0.1, 0.15) is 0 Å². The first-order chi connectivity index (χ1) is 10.5. The zero-order chi connectivity index (χ0) is 16.2. The molecule has 2 aliphatic rings. The van der Waals surface area contributed by atoms with Crippen molar-refractivity contribution in [2.45, 2.75) is 77.6 Å². The van der Waals surface area contributed by atoms with E-state index in [1.165, 1.54) is 6.42 Å². The molecule has 0 radical (unpaired) electrons. The third-order valence-corrected chi connectivity index (χ3v) is 6.19. The molecule has 0 bridgehead atoms. The molecule has 0 aliphatic heterocycles. The summed E-state index contributed by atoms with van der Waals surface area (Å²) in [6.45, 7) is 2.11. The summed E-state index contributed by atoms with van der Waals surface area (Å²) in [6, 6.07) is 0. The lowest BCUT2D eigenvalue weighted by Crippen LogP contribution is -2.50. The van der Waals surface area contributed by atoms with Crippen LogP contribution in [0.3, 0.4) is 0 Å². The van der Waals surface area contributed by atoms with E-state index in [1.54, 1.807) is 0 Å². The normalized spacial score (nSPS) is 33.5. The van der Waals surface area contributed by atoms with Gasteiger partial charge in [-0.15, -0.1) is 0 Å². The highest BCUT2D eigenvalue weighted by Gasteiger charge is 2.54. The predicted octanol–water partition coefficient (Wildman–Crippen LogP) is 4.33. The Morgan fingerprint density at radius 1 is 1.09 bits per heavy atom. The molecule has 0 heterocycles. The smallest absolute Gasteiger partial charge is 0.310 e. The average molecular weight is 310 g/mol. The molecule has 0 saturated heterocycles. The second-order valence-electron chi connectivity index (χ2n) is 7.33. The lowest BCUT2D eigenvalue weighted by Gasteiger charge is -2.49. The first-order valence-electron chi connectivity index (χ1n) is 8.98. The SMILES string of the molecule is CCCCC1CC(C(=O)O)CCC1(C(=O)O)C1CCCCC1. The van der Waals surface area contributed by atoms with Gasteiger partial charge in [-0.1, -0.05) is 39.0 Å². The Bertz CT molecular complexity index is 400. The topological polar surface area (TPSA) is 74.6 Å². The summed E-state index contributed by atoms with van der Waals surface area (Å²) in [5.74, 6) is -1.48. The minimum atomic E-state index is -0.746. The van der Waals surface area contributed by atoms with Crippen molar-refractivity contribution in [2.75, 3.05) is 0 Å². The number of hydrogen-bond donors (Lipinski definition) is 2. The Morgan fingerprint density at radius 2 is 1.77 bits per heavy atom. The van der Waals surface area contributed by atoms with Crippen LogP contribution in [0.15, 0.2) is 0 Å². The summed E-state index contributed by atoms with van der Waals surface area (Å²) in [4.78, 5) is 23.7. The van der Waals surface area contributed by atoms with Crippen LogP contribution >= 0.6 is 0 Å². The molecular formula is C18H30O4. The quantitative estimate of drug-likeness (QED) is 0.765. The van der Waals surface area contributed by atoms with E-state index in [4.69, 9.17) is 0 Å². The van der Waals surface area contributed by atoms with Crippen molar-refractivity contribution < 1.29 is 19.8 Å². The van der Waals surface area contributed by atoms with Crippen LogP contribution in [0.4, 0.5) is 0 Å². The molecule has 2 aliphatic carbocycles. The van der Waals surface area contributed by atoms with Gasteiger partial charge in [0.2, 0.25) is 0 Å². The van der Waals surface area contributed by atoms with E-state index in [1.807, 2.05) is 0 Å². The molecule has 2 saturated carbocycles. The summed E-state index contributed by atoms with van der Waals surface area (Å²) in [7, 11) is 0. The van der Waals surface area contributed by atoms with Gasteiger partial charge >= 0.3 is 11.9 Å². The number of carbonyl (C=O) groups is 2. The molecule has 3 unspecified atom stereocenters. The predicted molar refractivity (Wildman–Crippen MR) is 84.6 cm³/mol. The van der Waals surface area contributed by atoms with Crippen LogP contribution in [-0.4, -0.2) is 22.2 Å². The van der Waals surface area contributed by atoms with E-state index in [2.05, 4.69) is 6.92 Å². The van der Waals surface area contributed by atoms with E-state index >= 15 is 0 Å². The largest absolute Gasteiger partial charge is 0.481 e. The summed E-state index contributed by atoms with van der Waals surface area (Å²) in [5.41, 5.74) is -0.665. The number of unbranched alkanes of at least 4 members (excludes halogenated alkanes) is 1. The molecule has 2 N–H and O–H groups in total. The van der Waals surface area contributed by atoms with Crippen molar-refractivity contribution in [3.63, 3.8) is 0 Å². The fraction of sp³-hybridized carbons (Fsp3) is 0.889. The Morgan fingerprint density at radius 3 is 2.32 bits per heavy atom. The van der Waals surface area contributed by atoms with Crippen LogP contribution in [0.5, 0.6) is 0 Å². The van der Waals surface area contributed by atoms with E-state index in [-0.39, 0.29) is 17.8 Å². The molecular weight excluding hydrogens is 280 g/mol. The Labute approximate surface area is 133 Å². The summed E-state index contributed by atoms with van der Waals surface area (Å²) >= 11 is 0. The highest BCUT2D eigenvalue weighted by atomic mass is 16.4. The van der Waals surface area contributed by atoms with Gasteiger partial charge in [0.25, 0.3) is 0 Å². The van der Waals surface area contributed by atoms with Gasteiger partial charge in [0.15, 0.2) is 0 Å².